The number of nitrogens with two attached hydrogens (primary N) is 1. The third-order valence-corrected chi connectivity index (χ3v) is 7.12. The van der Waals surface area contributed by atoms with Gasteiger partial charge < -0.3 is 31.3 Å². The maximum absolute atomic E-state index is 11.7. The molecule has 1 saturated heterocycles. The summed E-state index contributed by atoms with van der Waals surface area (Å²) < 4.78 is 0. The van der Waals surface area contributed by atoms with E-state index in [9.17, 15) is 49.5 Å². The van der Waals surface area contributed by atoms with E-state index in [1.807, 2.05) is 4.90 Å². The van der Waals surface area contributed by atoms with E-state index in [-0.39, 0.29) is 65.4 Å². The molecule has 1 heterocycles. The largest absolute Gasteiger partial charge is 0.480 e. The fraction of sp³-hybridized carbons (Fsp3) is 0.593. The normalized spacial score (nSPS) is 17.5. The Kier molecular flexibility index (Phi) is 14.8. The molecule has 1 fully saturated rings. The summed E-state index contributed by atoms with van der Waals surface area (Å²) >= 11 is 0. The van der Waals surface area contributed by atoms with Crippen molar-refractivity contribution in [2.24, 2.45) is 0 Å². The molecule has 1 aliphatic heterocycles. The van der Waals surface area contributed by atoms with Gasteiger partial charge in [0.1, 0.15) is 0 Å². The monoisotopic (exact) mass is 610 g/mol. The van der Waals surface area contributed by atoms with Gasteiger partial charge in [-0.3, -0.25) is 48.5 Å². The average molecular weight is 611 g/mol. The van der Waals surface area contributed by atoms with Crippen LogP contribution in [0.5, 0.6) is 0 Å². The Labute approximate surface area is 249 Å². The maximum Gasteiger partial charge on any atom is 0.317 e. The van der Waals surface area contributed by atoms with Crippen molar-refractivity contribution in [1.82, 2.24) is 24.5 Å². The molecule has 16 heteroatoms. The standard InChI is InChI=1S/C27H42N6O10/c28-21-3-1-20(2-4-21)13-22(33(18-26(40)41)19-27(42)43)14-29-5-7-30(15-23(34)35)9-11-32(17-25(38)39)12-10-31(8-6-29)16-24(36)37/h1-4,22H,5-19,28H2,(H,34,35)(H,36,37)(H,38,39)(H,40,41)(H,42,43). The highest BCUT2D eigenvalue weighted by molar-refractivity contribution is 5.73. The minimum Gasteiger partial charge on any atom is -0.480 e. The van der Waals surface area contributed by atoms with Crippen molar-refractivity contribution in [1.29, 1.82) is 0 Å². The molecule has 0 saturated carbocycles. The van der Waals surface area contributed by atoms with Gasteiger partial charge in [0.05, 0.1) is 32.7 Å². The van der Waals surface area contributed by atoms with E-state index < -0.39 is 49.0 Å². The van der Waals surface area contributed by atoms with Crippen LogP contribution in [0.25, 0.3) is 0 Å². The minimum absolute atomic E-state index is 0.220. The number of carboxylic acid groups (broad SMARTS) is 5. The molecule has 0 aromatic heterocycles. The zero-order valence-electron chi connectivity index (χ0n) is 24.1. The molecule has 240 valence electrons. The van der Waals surface area contributed by atoms with E-state index in [0.29, 0.717) is 25.2 Å². The van der Waals surface area contributed by atoms with Crippen LogP contribution in [0.4, 0.5) is 5.69 Å². The first-order chi connectivity index (χ1) is 20.3. The number of nitrogens with zero attached hydrogens (tertiary/aromatic N) is 5. The summed E-state index contributed by atoms with van der Waals surface area (Å²) in [6, 6.07) is 6.38. The quantitative estimate of drug-likeness (QED) is 0.119. The van der Waals surface area contributed by atoms with Crippen molar-refractivity contribution >= 4 is 35.5 Å². The Balaban J connectivity index is 2.38. The molecule has 1 aliphatic rings. The molecule has 0 spiro atoms. The smallest absolute Gasteiger partial charge is 0.317 e. The zero-order valence-corrected chi connectivity index (χ0v) is 24.1. The molecule has 0 amide bonds. The lowest BCUT2D eigenvalue weighted by molar-refractivity contribution is -0.143. The number of hydrogen-bond donors (Lipinski definition) is 6. The van der Waals surface area contributed by atoms with E-state index in [2.05, 4.69) is 0 Å². The van der Waals surface area contributed by atoms with E-state index in [0.717, 1.165) is 5.56 Å². The molecular formula is C27H42N6O10. The summed E-state index contributed by atoms with van der Waals surface area (Å²) in [6.45, 7) is 0.563. The number of hydrogen-bond acceptors (Lipinski definition) is 11. The number of benzene rings is 1. The molecule has 1 aromatic rings. The predicted molar refractivity (Wildman–Crippen MR) is 154 cm³/mol. The second-order valence-electron chi connectivity index (χ2n) is 10.6. The molecule has 1 atom stereocenters. The zero-order chi connectivity index (χ0) is 31.9. The Morgan fingerprint density at radius 1 is 0.605 bits per heavy atom. The van der Waals surface area contributed by atoms with Crippen LogP contribution in [0.3, 0.4) is 0 Å². The predicted octanol–water partition coefficient (Wildman–Crippen LogP) is -1.87. The van der Waals surface area contributed by atoms with Gasteiger partial charge in [-0.15, -0.1) is 0 Å². The molecule has 0 aliphatic carbocycles. The summed E-state index contributed by atoms with van der Waals surface area (Å²) in [6.07, 6.45) is 0.305. The van der Waals surface area contributed by atoms with E-state index >= 15 is 0 Å². The molecular weight excluding hydrogens is 568 g/mol. The van der Waals surface area contributed by atoms with Gasteiger partial charge in [-0.1, -0.05) is 12.1 Å². The number of anilines is 1. The van der Waals surface area contributed by atoms with Crippen molar-refractivity contribution in [3.63, 3.8) is 0 Å². The van der Waals surface area contributed by atoms with Crippen LogP contribution in [0, 0.1) is 0 Å². The van der Waals surface area contributed by atoms with Gasteiger partial charge in [-0.05, 0) is 24.1 Å². The van der Waals surface area contributed by atoms with Crippen LogP contribution in [0.2, 0.25) is 0 Å². The summed E-state index contributed by atoms with van der Waals surface area (Å²) in [5, 5.41) is 47.3. The minimum atomic E-state index is -1.19. The molecule has 2 rings (SSSR count). The van der Waals surface area contributed by atoms with Crippen LogP contribution in [-0.4, -0.2) is 178 Å². The highest BCUT2D eigenvalue weighted by atomic mass is 16.4. The molecule has 16 nitrogen and oxygen atoms in total. The van der Waals surface area contributed by atoms with Crippen LogP contribution in [-0.2, 0) is 30.4 Å². The average Bonchev–Trinajstić information content (AvgIpc) is 2.89. The third-order valence-electron chi connectivity index (χ3n) is 7.12. The van der Waals surface area contributed by atoms with Crippen molar-refractivity contribution in [3.05, 3.63) is 29.8 Å². The van der Waals surface area contributed by atoms with Crippen LogP contribution >= 0.6 is 0 Å². The van der Waals surface area contributed by atoms with Gasteiger partial charge in [-0.25, -0.2) is 0 Å². The van der Waals surface area contributed by atoms with Gasteiger partial charge in [0, 0.05) is 70.6 Å². The highest BCUT2D eigenvalue weighted by Gasteiger charge is 2.27. The van der Waals surface area contributed by atoms with Crippen LogP contribution < -0.4 is 5.73 Å². The van der Waals surface area contributed by atoms with E-state index in [4.69, 9.17) is 5.73 Å². The number of aliphatic carboxylic acids is 5. The van der Waals surface area contributed by atoms with Crippen LogP contribution in [0.15, 0.2) is 24.3 Å². The van der Waals surface area contributed by atoms with Gasteiger partial charge in [0.2, 0.25) is 0 Å². The van der Waals surface area contributed by atoms with Gasteiger partial charge >= 0.3 is 29.8 Å². The maximum atomic E-state index is 11.7. The lowest BCUT2D eigenvalue weighted by Crippen LogP contribution is -2.53. The highest BCUT2D eigenvalue weighted by Crippen LogP contribution is 2.14. The first kappa shape index (κ1) is 35.4. The second kappa shape index (κ2) is 18.0. The first-order valence-electron chi connectivity index (χ1n) is 13.9. The number of rotatable bonds is 15. The summed E-state index contributed by atoms with van der Waals surface area (Å²) in [4.78, 5) is 66.3. The topological polar surface area (TPSA) is 229 Å². The second-order valence-corrected chi connectivity index (χ2v) is 10.6. The molecule has 1 aromatic carbocycles. The van der Waals surface area contributed by atoms with E-state index in [1.165, 1.54) is 4.90 Å². The fourth-order valence-electron chi connectivity index (χ4n) is 5.00. The van der Waals surface area contributed by atoms with Gasteiger partial charge in [0.25, 0.3) is 0 Å². The molecule has 0 radical (unpaired) electrons. The van der Waals surface area contributed by atoms with Crippen LogP contribution in [0.1, 0.15) is 5.56 Å². The third kappa shape index (κ3) is 14.8. The Bertz CT molecular complexity index is 1040. The fourth-order valence-corrected chi connectivity index (χ4v) is 5.00. The SMILES string of the molecule is Nc1ccc(CC(CN2CCN(CC(=O)O)CCN(CC(=O)O)CCN(CC(=O)O)CC2)N(CC(=O)O)CC(=O)O)cc1. The number of nitrogen functional groups attached to an aromatic ring is 1. The lowest BCUT2D eigenvalue weighted by Gasteiger charge is -2.37. The summed E-state index contributed by atoms with van der Waals surface area (Å²) in [5.41, 5.74) is 7.16. The number of carboxylic acids is 5. The van der Waals surface area contributed by atoms with E-state index in [1.54, 1.807) is 39.0 Å². The van der Waals surface area contributed by atoms with Crippen molar-refractivity contribution in [3.8, 4) is 0 Å². The summed E-state index contributed by atoms with van der Waals surface area (Å²) in [7, 11) is 0. The Hall–Kier alpha value is -3.83. The molecule has 0 bridgehead atoms. The Morgan fingerprint density at radius 2 is 0.953 bits per heavy atom. The van der Waals surface area contributed by atoms with Gasteiger partial charge in [0.15, 0.2) is 0 Å². The molecule has 1 unspecified atom stereocenters. The molecule has 43 heavy (non-hydrogen) atoms. The first-order valence-corrected chi connectivity index (χ1v) is 13.9. The van der Waals surface area contributed by atoms with Crippen molar-refractivity contribution < 1.29 is 49.5 Å². The number of carbonyl (C=O) groups is 5. The lowest BCUT2D eigenvalue weighted by atomic mass is 10.0. The van der Waals surface area contributed by atoms with Crippen molar-refractivity contribution in [2.75, 3.05) is 97.4 Å². The Morgan fingerprint density at radius 3 is 1.28 bits per heavy atom. The molecule has 7 N–H and O–H groups in total. The van der Waals surface area contributed by atoms with Gasteiger partial charge in [-0.2, -0.15) is 0 Å². The van der Waals surface area contributed by atoms with Crippen molar-refractivity contribution in [2.45, 2.75) is 12.5 Å². The summed E-state index contributed by atoms with van der Waals surface area (Å²) in [5.74, 6) is -5.53.